The van der Waals surface area contributed by atoms with E-state index in [0.717, 1.165) is 31.2 Å². The number of hydrogen-bond donors (Lipinski definition) is 1. The minimum absolute atomic E-state index is 0.159. The van der Waals surface area contributed by atoms with Gasteiger partial charge in [0, 0.05) is 25.8 Å². The van der Waals surface area contributed by atoms with Gasteiger partial charge < -0.3 is 10.2 Å². The quantitative estimate of drug-likeness (QED) is 0.873. The van der Waals surface area contributed by atoms with Crippen LogP contribution in [0.5, 0.6) is 0 Å². The summed E-state index contributed by atoms with van der Waals surface area (Å²) in [7, 11) is 0. The Kier molecular flexibility index (Phi) is 6.18. The number of piperidine rings is 1. The fourth-order valence-corrected chi connectivity index (χ4v) is 2.98. The summed E-state index contributed by atoms with van der Waals surface area (Å²) in [4.78, 5) is 18.4. The van der Waals surface area contributed by atoms with Crippen molar-refractivity contribution in [2.45, 2.75) is 19.8 Å². The van der Waals surface area contributed by atoms with E-state index < -0.39 is 0 Å². The topological polar surface area (TPSA) is 45.2 Å². The van der Waals surface area contributed by atoms with Crippen molar-refractivity contribution in [2.24, 2.45) is 5.92 Å². The highest BCUT2D eigenvalue weighted by Gasteiger charge is 2.21. The number of nitrogens with zero attached hydrogens (tertiary/aromatic N) is 2. The monoisotopic (exact) mass is 293 g/mol. The molecular formula is C15H23N3OS. The van der Waals surface area contributed by atoms with Crippen LogP contribution in [0.2, 0.25) is 0 Å². The number of hydrogen-bond acceptors (Lipinski definition) is 4. The molecule has 110 valence electrons. The maximum absolute atomic E-state index is 11.6. The Labute approximate surface area is 125 Å². The average molecular weight is 293 g/mol. The highest BCUT2D eigenvalue weighted by atomic mass is 32.2. The summed E-state index contributed by atoms with van der Waals surface area (Å²) in [5.74, 6) is 3.30. The lowest BCUT2D eigenvalue weighted by Crippen LogP contribution is -2.41. The second kappa shape index (κ2) is 8.15. The van der Waals surface area contributed by atoms with Crippen LogP contribution in [0, 0.1) is 5.92 Å². The Morgan fingerprint density at radius 3 is 3.20 bits per heavy atom. The molecule has 0 aromatic carbocycles. The van der Waals surface area contributed by atoms with Gasteiger partial charge in [-0.3, -0.25) is 4.79 Å². The molecule has 1 fully saturated rings. The van der Waals surface area contributed by atoms with Crippen LogP contribution in [0.1, 0.15) is 19.8 Å². The Morgan fingerprint density at radius 2 is 2.45 bits per heavy atom. The minimum Gasteiger partial charge on any atom is -0.356 e. The Hall–Kier alpha value is -1.23. The molecular weight excluding hydrogens is 270 g/mol. The van der Waals surface area contributed by atoms with Crippen LogP contribution in [-0.2, 0) is 4.79 Å². The van der Waals surface area contributed by atoms with Crippen molar-refractivity contribution >= 4 is 23.5 Å². The number of thioether (sulfide) groups is 1. The van der Waals surface area contributed by atoms with E-state index in [1.165, 1.54) is 12.8 Å². The first kappa shape index (κ1) is 15.2. The highest BCUT2D eigenvalue weighted by Crippen LogP contribution is 2.20. The molecule has 1 aliphatic rings. The molecule has 2 heterocycles. The summed E-state index contributed by atoms with van der Waals surface area (Å²) < 4.78 is 0. The SMILES string of the molecule is CCSCC(=O)NC[C@H]1CCCN(c2ccccn2)C1. The first-order valence-electron chi connectivity index (χ1n) is 7.30. The summed E-state index contributed by atoms with van der Waals surface area (Å²) in [6.45, 7) is 4.90. The maximum atomic E-state index is 11.6. The molecule has 20 heavy (non-hydrogen) atoms. The van der Waals surface area contributed by atoms with Crippen LogP contribution in [0.25, 0.3) is 0 Å². The predicted octanol–water partition coefficient (Wildman–Crippen LogP) is 2.17. The number of carbonyl (C=O) groups excluding carboxylic acids is 1. The Balaban J connectivity index is 1.78. The molecule has 2 rings (SSSR count). The highest BCUT2D eigenvalue weighted by molar-refractivity contribution is 7.99. The van der Waals surface area contributed by atoms with Crippen LogP contribution in [-0.4, -0.2) is 42.0 Å². The van der Waals surface area contributed by atoms with Crippen molar-refractivity contribution in [3.63, 3.8) is 0 Å². The summed E-state index contributed by atoms with van der Waals surface area (Å²) in [5, 5.41) is 3.05. The van der Waals surface area contributed by atoms with Crippen LogP contribution < -0.4 is 10.2 Å². The number of carbonyl (C=O) groups is 1. The van der Waals surface area contributed by atoms with Gasteiger partial charge in [0.15, 0.2) is 0 Å². The molecule has 4 nitrogen and oxygen atoms in total. The van der Waals surface area contributed by atoms with Gasteiger partial charge in [-0.1, -0.05) is 13.0 Å². The zero-order valence-electron chi connectivity index (χ0n) is 12.0. The van der Waals surface area contributed by atoms with E-state index in [2.05, 4.69) is 28.2 Å². The first-order valence-corrected chi connectivity index (χ1v) is 8.45. The summed E-state index contributed by atoms with van der Waals surface area (Å²) in [6, 6.07) is 6.02. The molecule has 0 saturated carbocycles. The Bertz CT molecular complexity index is 413. The number of anilines is 1. The summed E-state index contributed by atoms with van der Waals surface area (Å²) >= 11 is 1.67. The van der Waals surface area contributed by atoms with E-state index in [-0.39, 0.29) is 5.91 Å². The van der Waals surface area contributed by atoms with Crippen molar-refractivity contribution < 1.29 is 4.79 Å². The smallest absolute Gasteiger partial charge is 0.230 e. The van der Waals surface area contributed by atoms with Crippen molar-refractivity contribution in [3.8, 4) is 0 Å². The number of pyridine rings is 1. The van der Waals surface area contributed by atoms with Crippen LogP contribution >= 0.6 is 11.8 Å². The molecule has 0 unspecified atom stereocenters. The van der Waals surface area contributed by atoms with Gasteiger partial charge in [-0.25, -0.2) is 4.98 Å². The average Bonchev–Trinajstić information content (AvgIpc) is 2.52. The standard InChI is InChI=1S/C15H23N3OS/c1-2-20-12-15(19)17-10-13-6-5-9-18(11-13)14-7-3-4-8-16-14/h3-4,7-8,13H,2,5-6,9-12H2,1H3,(H,17,19)/t13-/m1/s1. The summed E-state index contributed by atoms with van der Waals surface area (Å²) in [6.07, 6.45) is 4.19. The normalized spacial score (nSPS) is 18.9. The van der Waals surface area contributed by atoms with Gasteiger partial charge >= 0.3 is 0 Å². The van der Waals surface area contributed by atoms with Crippen molar-refractivity contribution in [1.82, 2.24) is 10.3 Å². The fourth-order valence-electron chi connectivity index (χ4n) is 2.48. The number of rotatable bonds is 6. The zero-order chi connectivity index (χ0) is 14.2. The van der Waals surface area contributed by atoms with Crippen LogP contribution in [0.3, 0.4) is 0 Å². The number of nitrogens with one attached hydrogen (secondary N) is 1. The first-order chi connectivity index (χ1) is 9.79. The van der Waals surface area contributed by atoms with Gasteiger partial charge in [-0.15, -0.1) is 0 Å². The molecule has 5 heteroatoms. The van der Waals surface area contributed by atoms with Crippen LogP contribution in [0.15, 0.2) is 24.4 Å². The van der Waals surface area contributed by atoms with E-state index in [1.807, 2.05) is 18.3 Å². The third-order valence-electron chi connectivity index (χ3n) is 3.52. The second-order valence-corrected chi connectivity index (χ2v) is 6.36. The molecule has 0 aliphatic carbocycles. The van der Waals surface area contributed by atoms with Gasteiger partial charge in [-0.2, -0.15) is 11.8 Å². The van der Waals surface area contributed by atoms with Gasteiger partial charge in [0.05, 0.1) is 5.75 Å². The number of aromatic nitrogens is 1. The van der Waals surface area contributed by atoms with Gasteiger partial charge in [0.1, 0.15) is 5.82 Å². The molecule has 0 spiro atoms. The molecule has 1 atom stereocenters. The van der Waals surface area contributed by atoms with Crippen molar-refractivity contribution in [3.05, 3.63) is 24.4 Å². The lowest BCUT2D eigenvalue weighted by Gasteiger charge is -2.33. The molecule has 1 aliphatic heterocycles. The fraction of sp³-hybridized carbons (Fsp3) is 0.600. The minimum atomic E-state index is 0.159. The van der Waals surface area contributed by atoms with E-state index in [9.17, 15) is 4.79 Å². The molecule has 1 aromatic heterocycles. The molecule has 1 saturated heterocycles. The van der Waals surface area contributed by atoms with Gasteiger partial charge in [-0.05, 0) is 36.6 Å². The van der Waals surface area contributed by atoms with Gasteiger partial charge in [0.25, 0.3) is 0 Å². The molecule has 1 aromatic rings. The molecule has 0 radical (unpaired) electrons. The lowest BCUT2D eigenvalue weighted by molar-refractivity contribution is -0.118. The molecule has 1 amide bonds. The zero-order valence-corrected chi connectivity index (χ0v) is 12.9. The predicted molar refractivity (Wildman–Crippen MR) is 85.2 cm³/mol. The van der Waals surface area contributed by atoms with E-state index >= 15 is 0 Å². The van der Waals surface area contributed by atoms with E-state index in [1.54, 1.807) is 11.8 Å². The molecule has 1 N–H and O–H groups in total. The van der Waals surface area contributed by atoms with Gasteiger partial charge in [0.2, 0.25) is 5.91 Å². The Morgan fingerprint density at radius 1 is 1.55 bits per heavy atom. The van der Waals surface area contributed by atoms with Crippen molar-refractivity contribution in [1.29, 1.82) is 0 Å². The maximum Gasteiger partial charge on any atom is 0.230 e. The largest absolute Gasteiger partial charge is 0.356 e. The number of amides is 1. The van der Waals surface area contributed by atoms with Crippen LogP contribution in [0.4, 0.5) is 5.82 Å². The third kappa shape index (κ3) is 4.71. The summed E-state index contributed by atoms with van der Waals surface area (Å²) in [5.41, 5.74) is 0. The van der Waals surface area contributed by atoms with E-state index in [4.69, 9.17) is 0 Å². The lowest BCUT2D eigenvalue weighted by atomic mass is 9.98. The van der Waals surface area contributed by atoms with Crippen molar-refractivity contribution in [2.75, 3.05) is 36.0 Å². The van der Waals surface area contributed by atoms with E-state index in [0.29, 0.717) is 11.7 Å². The molecule has 0 bridgehead atoms. The third-order valence-corrected chi connectivity index (χ3v) is 4.39. The second-order valence-electron chi connectivity index (χ2n) is 5.08.